The summed E-state index contributed by atoms with van der Waals surface area (Å²) in [5, 5.41) is 3.12. The maximum atomic E-state index is 12.4. The molecule has 1 aromatic heterocycles. The summed E-state index contributed by atoms with van der Waals surface area (Å²) in [7, 11) is 1.50. The van der Waals surface area contributed by atoms with Crippen LogP contribution >= 0.6 is 23.2 Å². The van der Waals surface area contributed by atoms with Crippen LogP contribution in [0.4, 0.5) is 11.4 Å². The lowest BCUT2D eigenvalue weighted by Crippen LogP contribution is -2.36. The van der Waals surface area contributed by atoms with Gasteiger partial charge in [-0.25, -0.2) is 4.98 Å². The molecule has 0 saturated carbocycles. The van der Waals surface area contributed by atoms with Gasteiger partial charge in [-0.2, -0.15) is 0 Å². The third-order valence-corrected chi connectivity index (χ3v) is 4.78. The molecule has 0 bridgehead atoms. The maximum Gasteiger partial charge on any atom is 0.274 e. The first-order valence-corrected chi connectivity index (χ1v) is 9.50. The van der Waals surface area contributed by atoms with Gasteiger partial charge in [0.15, 0.2) is 0 Å². The molecule has 2 aromatic rings. The van der Waals surface area contributed by atoms with Crippen molar-refractivity contribution in [2.24, 2.45) is 0 Å². The number of anilines is 2. The second-order valence-corrected chi connectivity index (χ2v) is 7.11. The number of aromatic nitrogens is 1. The molecule has 1 N–H and O–H groups in total. The Labute approximate surface area is 173 Å². The minimum Gasteiger partial charge on any atom is -0.378 e. The van der Waals surface area contributed by atoms with E-state index in [0.29, 0.717) is 18.9 Å². The van der Waals surface area contributed by atoms with Crippen molar-refractivity contribution < 1.29 is 14.3 Å². The predicted octanol–water partition coefficient (Wildman–Crippen LogP) is 2.94. The molecule has 148 valence electrons. The summed E-state index contributed by atoms with van der Waals surface area (Å²) < 4.78 is 5.35. The van der Waals surface area contributed by atoms with Crippen LogP contribution in [0, 0.1) is 0 Å². The second kappa shape index (κ2) is 9.23. The summed E-state index contributed by atoms with van der Waals surface area (Å²) in [6, 6.07) is 10.6. The third kappa shape index (κ3) is 5.13. The molecule has 1 aromatic carbocycles. The van der Waals surface area contributed by atoms with Gasteiger partial charge in [-0.3, -0.25) is 9.59 Å². The highest BCUT2D eigenvalue weighted by Crippen LogP contribution is 2.20. The molecule has 2 amide bonds. The third-order valence-electron chi connectivity index (χ3n) is 4.27. The lowest BCUT2D eigenvalue weighted by Gasteiger charge is -2.28. The number of morpholine rings is 1. The highest BCUT2D eigenvalue weighted by atomic mass is 35.5. The summed E-state index contributed by atoms with van der Waals surface area (Å²) in [5.41, 5.74) is 1.75. The van der Waals surface area contributed by atoms with Crippen molar-refractivity contribution >= 4 is 46.4 Å². The van der Waals surface area contributed by atoms with Crippen LogP contribution in [0.3, 0.4) is 0 Å². The molecule has 0 radical (unpaired) electrons. The van der Waals surface area contributed by atoms with E-state index in [2.05, 4.69) is 15.2 Å². The van der Waals surface area contributed by atoms with E-state index in [1.165, 1.54) is 24.1 Å². The SMILES string of the molecule is CN(CC(=O)Nc1ccc(N2CCOCC2)cc1)C(=O)c1nc(Cl)ccc1Cl. The minimum absolute atomic E-state index is 0.0133. The van der Waals surface area contributed by atoms with Gasteiger partial charge < -0.3 is 19.9 Å². The number of hydrogen-bond acceptors (Lipinski definition) is 5. The van der Waals surface area contributed by atoms with Crippen LogP contribution in [0.25, 0.3) is 0 Å². The molecule has 3 rings (SSSR count). The molecule has 1 fully saturated rings. The summed E-state index contributed by atoms with van der Waals surface area (Å²) in [5.74, 6) is -0.807. The van der Waals surface area contributed by atoms with Gasteiger partial charge in [-0.15, -0.1) is 0 Å². The van der Waals surface area contributed by atoms with Crippen LogP contribution < -0.4 is 10.2 Å². The van der Waals surface area contributed by atoms with Gasteiger partial charge in [0.25, 0.3) is 5.91 Å². The number of likely N-dealkylation sites (N-methyl/N-ethyl adjacent to an activating group) is 1. The molecule has 9 heteroatoms. The fourth-order valence-electron chi connectivity index (χ4n) is 2.81. The van der Waals surface area contributed by atoms with E-state index in [0.717, 1.165) is 18.8 Å². The molecule has 1 saturated heterocycles. The number of pyridine rings is 1. The highest BCUT2D eigenvalue weighted by Gasteiger charge is 2.20. The number of nitrogens with zero attached hydrogens (tertiary/aromatic N) is 3. The molecular formula is C19H20Cl2N4O3. The van der Waals surface area contributed by atoms with Crippen LogP contribution in [0.5, 0.6) is 0 Å². The van der Waals surface area contributed by atoms with Crippen LogP contribution in [0.2, 0.25) is 10.2 Å². The summed E-state index contributed by atoms with van der Waals surface area (Å²) >= 11 is 11.8. The van der Waals surface area contributed by atoms with E-state index < -0.39 is 5.91 Å². The summed E-state index contributed by atoms with van der Waals surface area (Å²) in [4.78, 5) is 32.1. The molecule has 0 unspecified atom stereocenters. The first-order valence-electron chi connectivity index (χ1n) is 8.74. The smallest absolute Gasteiger partial charge is 0.274 e. The normalized spacial score (nSPS) is 13.9. The molecule has 0 atom stereocenters. The number of halogens is 2. The van der Waals surface area contributed by atoms with Crippen molar-refractivity contribution in [1.29, 1.82) is 0 Å². The molecule has 0 spiro atoms. The molecule has 7 nitrogen and oxygen atoms in total. The van der Waals surface area contributed by atoms with Gasteiger partial charge in [0.05, 0.1) is 24.8 Å². The number of carbonyl (C=O) groups excluding carboxylic acids is 2. The zero-order valence-electron chi connectivity index (χ0n) is 15.3. The fourth-order valence-corrected chi connectivity index (χ4v) is 3.15. The molecular weight excluding hydrogens is 403 g/mol. The van der Waals surface area contributed by atoms with Crippen molar-refractivity contribution in [2.45, 2.75) is 0 Å². The van der Waals surface area contributed by atoms with Crippen molar-refractivity contribution in [2.75, 3.05) is 50.1 Å². The average Bonchev–Trinajstić information content (AvgIpc) is 2.70. The standard InChI is InChI=1S/C19H20Cl2N4O3/c1-24(19(27)18-15(20)6-7-16(21)23-18)12-17(26)22-13-2-4-14(5-3-13)25-8-10-28-11-9-25/h2-7H,8-12H2,1H3,(H,22,26). The molecule has 0 aliphatic carbocycles. The Morgan fingerprint density at radius 1 is 1.14 bits per heavy atom. The Balaban J connectivity index is 1.57. The number of hydrogen-bond donors (Lipinski definition) is 1. The van der Waals surface area contributed by atoms with Crippen molar-refractivity contribution in [3.63, 3.8) is 0 Å². The van der Waals surface area contributed by atoms with E-state index in [-0.39, 0.29) is 28.3 Å². The molecule has 1 aliphatic rings. The maximum absolute atomic E-state index is 12.4. The van der Waals surface area contributed by atoms with Crippen LogP contribution in [-0.2, 0) is 9.53 Å². The lowest BCUT2D eigenvalue weighted by molar-refractivity contribution is -0.116. The number of rotatable bonds is 5. The molecule has 2 heterocycles. The van der Waals surface area contributed by atoms with Crippen molar-refractivity contribution in [3.8, 4) is 0 Å². The first-order chi connectivity index (χ1) is 13.4. The molecule has 28 heavy (non-hydrogen) atoms. The lowest BCUT2D eigenvalue weighted by atomic mass is 10.2. The van der Waals surface area contributed by atoms with Crippen LogP contribution in [0.15, 0.2) is 36.4 Å². The highest BCUT2D eigenvalue weighted by molar-refractivity contribution is 6.34. The largest absolute Gasteiger partial charge is 0.378 e. The van der Waals surface area contributed by atoms with Gasteiger partial charge in [-0.05, 0) is 36.4 Å². The minimum atomic E-state index is -0.481. The van der Waals surface area contributed by atoms with E-state index in [4.69, 9.17) is 27.9 Å². The number of carbonyl (C=O) groups is 2. The van der Waals surface area contributed by atoms with Crippen LogP contribution in [-0.4, -0.2) is 61.6 Å². The zero-order chi connectivity index (χ0) is 20.1. The number of ether oxygens (including phenoxy) is 1. The second-order valence-electron chi connectivity index (χ2n) is 6.32. The quantitative estimate of drug-likeness (QED) is 0.749. The number of benzene rings is 1. The Kier molecular flexibility index (Phi) is 6.72. The van der Waals surface area contributed by atoms with Crippen LogP contribution in [0.1, 0.15) is 10.5 Å². The number of nitrogens with one attached hydrogen (secondary N) is 1. The van der Waals surface area contributed by atoms with Crippen molar-refractivity contribution in [1.82, 2.24) is 9.88 Å². The van der Waals surface area contributed by atoms with E-state index in [1.54, 1.807) is 0 Å². The van der Waals surface area contributed by atoms with Crippen molar-refractivity contribution in [3.05, 3.63) is 52.3 Å². The molecule has 1 aliphatic heterocycles. The predicted molar refractivity (Wildman–Crippen MR) is 109 cm³/mol. The first kappa shape index (κ1) is 20.4. The fraction of sp³-hybridized carbons (Fsp3) is 0.316. The Bertz CT molecular complexity index is 855. The average molecular weight is 423 g/mol. The van der Waals surface area contributed by atoms with Gasteiger partial charge in [-0.1, -0.05) is 23.2 Å². The van der Waals surface area contributed by atoms with E-state index >= 15 is 0 Å². The van der Waals surface area contributed by atoms with Gasteiger partial charge in [0.1, 0.15) is 10.8 Å². The van der Waals surface area contributed by atoms with Gasteiger partial charge in [0.2, 0.25) is 5.91 Å². The van der Waals surface area contributed by atoms with Gasteiger partial charge in [0, 0.05) is 31.5 Å². The Hall–Kier alpha value is -2.35. The Morgan fingerprint density at radius 2 is 1.82 bits per heavy atom. The summed E-state index contributed by atoms with van der Waals surface area (Å²) in [6.45, 7) is 2.97. The topological polar surface area (TPSA) is 74.8 Å². The Morgan fingerprint density at radius 3 is 2.50 bits per heavy atom. The zero-order valence-corrected chi connectivity index (χ0v) is 16.8. The van der Waals surface area contributed by atoms with E-state index in [9.17, 15) is 9.59 Å². The summed E-state index contributed by atoms with van der Waals surface area (Å²) in [6.07, 6.45) is 0. The number of amides is 2. The monoisotopic (exact) mass is 422 g/mol. The van der Waals surface area contributed by atoms with Gasteiger partial charge >= 0.3 is 0 Å². The van der Waals surface area contributed by atoms with E-state index in [1.807, 2.05) is 24.3 Å².